The molecular weight excluding hydrogens is 356 g/mol. The molecule has 0 aliphatic heterocycles. The van der Waals surface area contributed by atoms with Gasteiger partial charge in [-0.05, 0) is 60.8 Å². The third-order valence-electron chi connectivity index (χ3n) is 5.21. The fraction of sp³-hybridized carbons (Fsp3) is 0.455. The molecule has 0 spiro atoms. The molecule has 27 heavy (non-hydrogen) atoms. The number of carbonyl (C=O) groups excluding carboxylic acids is 1. The molecule has 5 heteroatoms. The van der Waals surface area contributed by atoms with Crippen LogP contribution in [0, 0.1) is 29.6 Å². The summed E-state index contributed by atoms with van der Waals surface area (Å²) in [5.41, 5.74) is 3.09. The van der Waals surface area contributed by atoms with Gasteiger partial charge >= 0.3 is 0 Å². The van der Waals surface area contributed by atoms with E-state index >= 15 is 0 Å². The van der Waals surface area contributed by atoms with E-state index in [9.17, 15) is 10.1 Å². The van der Waals surface area contributed by atoms with Crippen LogP contribution < -0.4 is 10.1 Å². The van der Waals surface area contributed by atoms with Gasteiger partial charge in [0.05, 0.1) is 5.56 Å². The van der Waals surface area contributed by atoms with Crippen LogP contribution in [0.25, 0.3) is 0 Å². The average Bonchev–Trinajstić information content (AvgIpc) is 2.95. The number of hydrogen-bond acceptors (Lipinski definition) is 4. The van der Waals surface area contributed by atoms with Crippen molar-refractivity contribution in [2.45, 2.75) is 47.0 Å². The smallest absolute Gasteiger partial charge is 0.262 e. The minimum atomic E-state index is -0.237. The van der Waals surface area contributed by atoms with Crippen LogP contribution in [0.4, 0.5) is 5.00 Å². The summed E-state index contributed by atoms with van der Waals surface area (Å²) in [6.45, 7) is 8.72. The largest absolute Gasteiger partial charge is 0.484 e. The number of hydrogen-bond donors (Lipinski definition) is 1. The maximum absolute atomic E-state index is 12.3. The molecule has 0 saturated carbocycles. The topological polar surface area (TPSA) is 62.1 Å². The van der Waals surface area contributed by atoms with Gasteiger partial charge in [-0.15, -0.1) is 11.3 Å². The average molecular weight is 383 g/mol. The lowest BCUT2D eigenvalue weighted by atomic mass is 9.72. The van der Waals surface area contributed by atoms with Gasteiger partial charge in [0.25, 0.3) is 5.91 Å². The summed E-state index contributed by atoms with van der Waals surface area (Å²) in [7, 11) is 0. The Kier molecular flexibility index (Phi) is 5.57. The zero-order valence-electron chi connectivity index (χ0n) is 16.4. The number of thiophene rings is 1. The number of rotatable bonds is 4. The second-order valence-corrected chi connectivity index (χ2v) is 9.38. The van der Waals surface area contributed by atoms with Crippen LogP contribution in [0.5, 0.6) is 5.75 Å². The van der Waals surface area contributed by atoms with Gasteiger partial charge in [0.15, 0.2) is 6.61 Å². The van der Waals surface area contributed by atoms with Crippen LogP contribution >= 0.6 is 11.3 Å². The van der Waals surface area contributed by atoms with Crippen LogP contribution in [0.3, 0.4) is 0 Å². The molecule has 0 bridgehead atoms. The Morgan fingerprint density at radius 2 is 2.19 bits per heavy atom. The van der Waals surface area contributed by atoms with E-state index in [1.165, 1.54) is 4.88 Å². The number of benzene rings is 1. The molecule has 1 aliphatic carbocycles. The molecule has 1 atom stereocenters. The number of carbonyl (C=O) groups is 1. The summed E-state index contributed by atoms with van der Waals surface area (Å²) in [5, 5.41) is 13.2. The predicted octanol–water partition coefficient (Wildman–Crippen LogP) is 5.10. The predicted molar refractivity (Wildman–Crippen MR) is 109 cm³/mol. The lowest BCUT2D eigenvalue weighted by Gasteiger charge is -2.33. The van der Waals surface area contributed by atoms with E-state index in [1.54, 1.807) is 11.3 Å². The summed E-state index contributed by atoms with van der Waals surface area (Å²) >= 11 is 1.55. The van der Waals surface area contributed by atoms with Gasteiger partial charge in [0.1, 0.15) is 16.8 Å². The highest BCUT2D eigenvalue weighted by Gasteiger charge is 2.32. The number of fused-ring (bicyclic) bond motifs is 1. The van der Waals surface area contributed by atoms with Crippen molar-refractivity contribution in [1.82, 2.24) is 0 Å². The van der Waals surface area contributed by atoms with Crippen molar-refractivity contribution < 1.29 is 9.53 Å². The highest BCUT2D eigenvalue weighted by molar-refractivity contribution is 7.16. The van der Waals surface area contributed by atoms with E-state index in [0.717, 1.165) is 30.4 Å². The highest BCUT2D eigenvalue weighted by atomic mass is 32.1. The Bertz CT molecular complexity index is 887. The highest BCUT2D eigenvalue weighted by Crippen LogP contribution is 2.43. The molecule has 1 aromatic heterocycles. The first-order chi connectivity index (χ1) is 12.8. The maximum Gasteiger partial charge on any atom is 0.262 e. The van der Waals surface area contributed by atoms with E-state index in [-0.39, 0.29) is 17.9 Å². The first kappa shape index (κ1) is 19.4. The van der Waals surface area contributed by atoms with Crippen LogP contribution in [0.15, 0.2) is 24.3 Å². The Balaban J connectivity index is 1.69. The zero-order valence-corrected chi connectivity index (χ0v) is 17.2. The van der Waals surface area contributed by atoms with Crippen LogP contribution in [-0.4, -0.2) is 12.5 Å². The molecule has 0 fully saturated rings. The van der Waals surface area contributed by atoms with Gasteiger partial charge < -0.3 is 10.1 Å². The van der Waals surface area contributed by atoms with Crippen molar-refractivity contribution in [3.63, 3.8) is 0 Å². The molecule has 0 unspecified atom stereocenters. The van der Waals surface area contributed by atoms with Crippen molar-refractivity contribution in [3.8, 4) is 11.8 Å². The fourth-order valence-corrected chi connectivity index (χ4v) is 4.84. The van der Waals surface area contributed by atoms with E-state index < -0.39 is 0 Å². The lowest BCUT2D eigenvalue weighted by Crippen LogP contribution is -2.26. The number of ether oxygens (including phenoxy) is 1. The molecule has 0 radical (unpaired) electrons. The molecular formula is C22H26N2O2S. The Morgan fingerprint density at radius 1 is 1.41 bits per heavy atom. The summed E-state index contributed by atoms with van der Waals surface area (Å²) in [6, 6.07) is 9.90. The summed E-state index contributed by atoms with van der Waals surface area (Å²) in [4.78, 5) is 13.6. The zero-order chi connectivity index (χ0) is 19.6. The van der Waals surface area contributed by atoms with Gasteiger partial charge in [-0.2, -0.15) is 5.26 Å². The lowest BCUT2D eigenvalue weighted by molar-refractivity contribution is -0.118. The van der Waals surface area contributed by atoms with Gasteiger partial charge in [-0.25, -0.2) is 0 Å². The fourth-order valence-electron chi connectivity index (χ4n) is 3.55. The van der Waals surface area contributed by atoms with Crippen molar-refractivity contribution >= 4 is 22.2 Å². The number of nitrogens with one attached hydrogen (secondary N) is 1. The Labute approximate surface area is 165 Å². The molecule has 1 aromatic carbocycles. The monoisotopic (exact) mass is 382 g/mol. The van der Waals surface area contributed by atoms with Gasteiger partial charge in [-0.3, -0.25) is 4.79 Å². The van der Waals surface area contributed by atoms with Gasteiger partial charge in [0, 0.05) is 4.88 Å². The number of anilines is 1. The van der Waals surface area contributed by atoms with Crippen molar-refractivity contribution in [3.05, 3.63) is 45.8 Å². The van der Waals surface area contributed by atoms with E-state index in [2.05, 4.69) is 32.2 Å². The van der Waals surface area contributed by atoms with E-state index in [0.29, 0.717) is 22.2 Å². The number of aryl methyl sites for hydroxylation is 1. The third-order valence-corrected chi connectivity index (χ3v) is 6.38. The maximum atomic E-state index is 12.3. The number of amides is 1. The summed E-state index contributed by atoms with van der Waals surface area (Å²) < 4.78 is 5.57. The first-order valence-electron chi connectivity index (χ1n) is 9.32. The van der Waals surface area contributed by atoms with Crippen molar-refractivity contribution in [2.75, 3.05) is 11.9 Å². The standard InChI is InChI=1S/C22H26N2O2S/c1-14-6-5-7-16(10-14)26-13-20(25)24-21-18(12-23)17-9-8-15(22(2,3)4)11-19(17)27-21/h5-7,10,15H,8-9,11,13H2,1-4H3,(H,24,25)/t15-/m1/s1. The van der Waals surface area contributed by atoms with Crippen molar-refractivity contribution in [1.29, 1.82) is 5.26 Å². The van der Waals surface area contributed by atoms with Crippen molar-refractivity contribution in [2.24, 2.45) is 11.3 Å². The quantitative estimate of drug-likeness (QED) is 0.800. The molecule has 4 nitrogen and oxygen atoms in total. The second-order valence-electron chi connectivity index (χ2n) is 8.28. The first-order valence-corrected chi connectivity index (χ1v) is 10.1. The van der Waals surface area contributed by atoms with Crippen LogP contribution in [0.2, 0.25) is 0 Å². The van der Waals surface area contributed by atoms with Gasteiger partial charge in [0.2, 0.25) is 0 Å². The molecule has 2 aromatic rings. The van der Waals surface area contributed by atoms with Crippen LogP contribution in [0.1, 0.15) is 48.8 Å². The normalized spacial score (nSPS) is 16.3. The third kappa shape index (κ3) is 4.51. The molecule has 1 N–H and O–H groups in total. The number of nitrogens with zero attached hydrogens (tertiary/aromatic N) is 1. The molecule has 142 valence electrons. The Hall–Kier alpha value is -2.32. The van der Waals surface area contributed by atoms with Crippen LogP contribution in [-0.2, 0) is 17.6 Å². The molecule has 1 heterocycles. The number of nitriles is 1. The molecule has 1 aliphatic rings. The molecule has 1 amide bonds. The molecule has 0 saturated heterocycles. The molecule has 3 rings (SSSR count). The Morgan fingerprint density at radius 3 is 2.85 bits per heavy atom. The summed E-state index contributed by atoms with van der Waals surface area (Å²) in [6.07, 6.45) is 2.98. The van der Waals surface area contributed by atoms with Gasteiger partial charge in [-0.1, -0.05) is 32.9 Å². The second kappa shape index (κ2) is 7.74. The van der Waals surface area contributed by atoms with E-state index in [4.69, 9.17) is 4.74 Å². The van der Waals surface area contributed by atoms with E-state index in [1.807, 2.05) is 31.2 Å². The minimum absolute atomic E-state index is 0.0680. The minimum Gasteiger partial charge on any atom is -0.484 e. The summed E-state index contributed by atoms with van der Waals surface area (Å²) in [5.74, 6) is 1.03. The SMILES string of the molecule is Cc1cccc(OCC(=O)Nc2sc3c(c2C#N)CC[C@@H](C(C)(C)C)C3)c1.